The molecule has 0 aliphatic heterocycles. The van der Waals surface area contributed by atoms with Crippen molar-refractivity contribution < 1.29 is 13.2 Å². The molecule has 7 nitrogen and oxygen atoms in total. The van der Waals surface area contributed by atoms with Gasteiger partial charge >= 0.3 is 0 Å². The molecule has 32 heavy (non-hydrogen) atoms. The summed E-state index contributed by atoms with van der Waals surface area (Å²) < 4.78 is 34.7. The minimum atomic E-state index is -3.70. The molecule has 9 heteroatoms. The number of ether oxygens (including phenoxy) is 1. The molecular formula is C23H28N4O3S2. The van der Waals surface area contributed by atoms with Crippen LogP contribution >= 0.6 is 11.3 Å². The Balaban J connectivity index is 1.47. The molecule has 0 radical (unpaired) electrons. The first-order valence-electron chi connectivity index (χ1n) is 10.7. The summed E-state index contributed by atoms with van der Waals surface area (Å²) in [5.74, 6) is 1.29. The Bertz CT molecular complexity index is 1150. The Kier molecular flexibility index (Phi) is 7.07. The second-order valence-electron chi connectivity index (χ2n) is 8.11. The van der Waals surface area contributed by atoms with Gasteiger partial charge in [-0.2, -0.15) is 0 Å². The van der Waals surface area contributed by atoms with Crippen LogP contribution in [0.2, 0.25) is 0 Å². The molecule has 0 bridgehead atoms. The third-order valence-corrected chi connectivity index (χ3v) is 7.96. The number of thiazole rings is 1. The molecule has 2 unspecified atom stereocenters. The summed E-state index contributed by atoms with van der Waals surface area (Å²) in [6, 6.07) is 8.98. The van der Waals surface area contributed by atoms with Crippen LogP contribution in [0.4, 0.5) is 5.82 Å². The van der Waals surface area contributed by atoms with Gasteiger partial charge in [0.15, 0.2) is 0 Å². The van der Waals surface area contributed by atoms with Crippen molar-refractivity contribution in [2.75, 3.05) is 19.0 Å². The standard InChI is InChI=1S/C23H28N4O3S2/c1-16-7-8-21(30-2)22(11-16)32(28,29)27-19-6-4-3-5-18(19)13-25-23-12-17(9-10-24-23)20-14-31-15-26-20/h7-12,14-15,18-19,27H,3-6,13H2,1-2H3,(H,24,25). The fraction of sp³-hybridized carbons (Fsp3) is 0.391. The molecule has 170 valence electrons. The molecule has 1 saturated carbocycles. The van der Waals surface area contributed by atoms with Crippen molar-refractivity contribution in [2.24, 2.45) is 5.92 Å². The number of aromatic nitrogens is 2. The molecular weight excluding hydrogens is 444 g/mol. The normalized spacial score (nSPS) is 18.9. The van der Waals surface area contributed by atoms with Gasteiger partial charge < -0.3 is 10.1 Å². The maximum atomic E-state index is 13.2. The number of aryl methyl sites for hydroxylation is 1. The molecule has 2 aromatic heterocycles. The zero-order valence-electron chi connectivity index (χ0n) is 18.2. The highest BCUT2D eigenvalue weighted by atomic mass is 32.2. The van der Waals surface area contributed by atoms with E-state index < -0.39 is 10.0 Å². The second kappa shape index (κ2) is 9.97. The van der Waals surface area contributed by atoms with Crippen LogP contribution < -0.4 is 14.8 Å². The first-order chi connectivity index (χ1) is 15.5. The summed E-state index contributed by atoms with van der Waals surface area (Å²) in [6.07, 6.45) is 5.63. The Morgan fingerprint density at radius 2 is 2.00 bits per heavy atom. The first-order valence-corrected chi connectivity index (χ1v) is 13.1. The van der Waals surface area contributed by atoms with Crippen LogP contribution in [0.1, 0.15) is 31.2 Å². The highest BCUT2D eigenvalue weighted by Gasteiger charge is 2.31. The largest absolute Gasteiger partial charge is 0.495 e. The predicted molar refractivity (Wildman–Crippen MR) is 128 cm³/mol. The van der Waals surface area contributed by atoms with E-state index in [4.69, 9.17) is 4.74 Å². The van der Waals surface area contributed by atoms with E-state index in [1.165, 1.54) is 7.11 Å². The highest BCUT2D eigenvalue weighted by molar-refractivity contribution is 7.89. The van der Waals surface area contributed by atoms with E-state index in [-0.39, 0.29) is 16.9 Å². The smallest absolute Gasteiger partial charge is 0.244 e. The number of sulfonamides is 1. The van der Waals surface area contributed by atoms with Gasteiger partial charge in [0.1, 0.15) is 16.5 Å². The van der Waals surface area contributed by atoms with E-state index in [9.17, 15) is 8.42 Å². The van der Waals surface area contributed by atoms with Gasteiger partial charge in [0, 0.05) is 29.7 Å². The topological polar surface area (TPSA) is 93.2 Å². The average molecular weight is 473 g/mol. The van der Waals surface area contributed by atoms with Crippen molar-refractivity contribution in [3.8, 4) is 17.0 Å². The fourth-order valence-electron chi connectivity index (χ4n) is 4.14. The lowest BCUT2D eigenvalue weighted by atomic mass is 9.85. The van der Waals surface area contributed by atoms with Crippen molar-refractivity contribution in [3.05, 3.63) is 53.0 Å². The van der Waals surface area contributed by atoms with E-state index in [1.807, 2.05) is 36.0 Å². The first kappa shape index (κ1) is 22.7. The van der Waals surface area contributed by atoms with Gasteiger partial charge in [-0.1, -0.05) is 18.9 Å². The van der Waals surface area contributed by atoms with Gasteiger partial charge in [-0.3, -0.25) is 0 Å². The molecule has 3 aromatic rings. The number of methoxy groups -OCH3 is 1. The van der Waals surface area contributed by atoms with E-state index in [2.05, 4.69) is 20.0 Å². The van der Waals surface area contributed by atoms with Crippen LogP contribution in [-0.2, 0) is 10.0 Å². The number of nitrogens with zero attached hydrogens (tertiary/aromatic N) is 2. The monoisotopic (exact) mass is 472 g/mol. The Morgan fingerprint density at radius 3 is 2.78 bits per heavy atom. The van der Waals surface area contributed by atoms with Crippen molar-refractivity contribution in [3.63, 3.8) is 0 Å². The summed E-state index contributed by atoms with van der Waals surface area (Å²) >= 11 is 1.56. The Hall–Kier alpha value is -2.49. The minimum absolute atomic E-state index is 0.145. The van der Waals surface area contributed by atoms with Crippen LogP contribution in [0.5, 0.6) is 5.75 Å². The van der Waals surface area contributed by atoms with Crippen LogP contribution in [0.25, 0.3) is 11.3 Å². The molecule has 2 N–H and O–H groups in total. The molecule has 0 spiro atoms. The third kappa shape index (κ3) is 5.28. The molecule has 1 aliphatic rings. The Morgan fingerprint density at radius 1 is 1.16 bits per heavy atom. The average Bonchev–Trinajstić information content (AvgIpc) is 3.34. The number of nitrogens with one attached hydrogen (secondary N) is 2. The SMILES string of the molecule is COc1ccc(C)cc1S(=O)(=O)NC1CCCCC1CNc1cc(-c2cscn2)ccn1. The summed E-state index contributed by atoms with van der Waals surface area (Å²) in [5, 5.41) is 5.41. The summed E-state index contributed by atoms with van der Waals surface area (Å²) in [6.45, 7) is 2.52. The molecule has 0 saturated heterocycles. The molecule has 1 aromatic carbocycles. The van der Waals surface area contributed by atoms with Crippen LogP contribution in [0, 0.1) is 12.8 Å². The number of hydrogen-bond donors (Lipinski definition) is 2. The van der Waals surface area contributed by atoms with E-state index in [0.29, 0.717) is 12.3 Å². The van der Waals surface area contributed by atoms with E-state index in [0.717, 1.165) is 48.3 Å². The number of hydrogen-bond acceptors (Lipinski definition) is 7. The lowest BCUT2D eigenvalue weighted by molar-refractivity contribution is 0.301. The number of pyridine rings is 1. The minimum Gasteiger partial charge on any atom is -0.495 e. The summed E-state index contributed by atoms with van der Waals surface area (Å²) in [7, 11) is -2.21. The van der Waals surface area contributed by atoms with E-state index in [1.54, 1.807) is 29.7 Å². The maximum absolute atomic E-state index is 13.2. The molecule has 1 fully saturated rings. The molecule has 0 amide bonds. The molecule has 2 atom stereocenters. The summed E-state index contributed by atoms with van der Waals surface area (Å²) in [4.78, 5) is 8.97. The van der Waals surface area contributed by atoms with Crippen LogP contribution in [0.15, 0.2) is 52.3 Å². The van der Waals surface area contributed by atoms with Crippen molar-refractivity contribution >= 4 is 27.2 Å². The van der Waals surface area contributed by atoms with Crippen LogP contribution in [0.3, 0.4) is 0 Å². The van der Waals surface area contributed by atoms with Gasteiger partial charge in [-0.05, 0) is 55.5 Å². The molecule has 2 heterocycles. The zero-order valence-corrected chi connectivity index (χ0v) is 19.9. The zero-order chi connectivity index (χ0) is 22.6. The Labute approximate surface area is 193 Å². The van der Waals surface area contributed by atoms with Gasteiger partial charge in [0.05, 0.1) is 18.3 Å². The molecule has 1 aliphatic carbocycles. The van der Waals surface area contributed by atoms with Crippen LogP contribution in [-0.4, -0.2) is 38.1 Å². The van der Waals surface area contributed by atoms with E-state index >= 15 is 0 Å². The lowest BCUT2D eigenvalue weighted by Gasteiger charge is -2.32. The predicted octanol–water partition coefficient (Wildman–Crippen LogP) is 4.47. The van der Waals surface area contributed by atoms with Crippen molar-refractivity contribution in [1.82, 2.24) is 14.7 Å². The molecule has 4 rings (SSSR count). The number of anilines is 1. The number of benzene rings is 1. The number of rotatable bonds is 8. The van der Waals surface area contributed by atoms with Gasteiger partial charge in [-0.15, -0.1) is 11.3 Å². The van der Waals surface area contributed by atoms with Crippen molar-refractivity contribution in [1.29, 1.82) is 0 Å². The van der Waals surface area contributed by atoms with Gasteiger partial charge in [-0.25, -0.2) is 23.1 Å². The highest BCUT2D eigenvalue weighted by Crippen LogP contribution is 2.30. The van der Waals surface area contributed by atoms with Gasteiger partial charge in [0.25, 0.3) is 0 Å². The van der Waals surface area contributed by atoms with Gasteiger partial charge in [0.2, 0.25) is 10.0 Å². The fourth-order valence-corrected chi connectivity index (χ4v) is 6.30. The maximum Gasteiger partial charge on any atom is 0.244 e. The second-order valence-corrected chi connectivity index (χ2v) is 10.5. The quantitative estimate of drug-likeness (QED) is 0.502. The summed E-state index contributed by atoms with van der Waals surface area (Å²) in [5.41, 5.74) is 4.62. The van der Waals surface area contributed by atoms with Crippen molar-refractivity contribution in [2.45, 2.75) is 43.5 Å². The lowest BCUT2D eigenvalue weighted by Crippen LogP contribution is -2.44. The third-order valence-electron chi connectivity index (χ3n) is 5.86.